The molecule has 0 unspecified atom stereocenters. The Hall–Kier alpha value is -2.67. The van der Waals surface area contributed by atoms with Crippen LogP contribution < -0.4 is 10.5 Å². The van der Waals surface area contributed by atoms with Gasteiger partial charge in [0.1, 0.15) is 29.6 Å². The molecule has 1 atom stereocenters. The Bertz CT molecular complexity index is 769. The molecule has 0 aliphatic carbocycles. The minimum Gasteiger partial charge on any atom is -0.491 e. The molecule has 7 heteroatoms. The standard InChI is InChI=1S/C19H22FN3O3/c1-25-19(13-26-15-7-5-14(20)6-8-15)9-3-11-23(12-19)18(24)16-4-2-10-22-17(16)21/h2,4-8,10H,3,9,11-13H2,1H3,(H2,21,22)/t19-/m1/s1. The zero-order chi connectivity index (χ0) is 18.6. The summed E-state index contributed by atoms with van der Waals surface area (Å²) < 4.78 is 24.5. The monoisotopic (exact) mass is 359 g/mol. The Morgan fingerprint density at radius 1 is 1.35 bits per heavy atom. The molecule has 0 saturated carbocycles. The van der Waals surface area contributed by atoms with Gasteiger partial charge < -0.3 is 20.1 Å². The van der Waals surface area contributed by atoms with E-state index in [9.17, 15) is 9.18 Å². The Morgan fingerprint density at radius 3 is 2.81 bits per heavy atom. The molecule has 1 aromatic carbocycles. The second-order valence-electron chi connectivity index (χ2n) is 6.40. The van der Waals surface area contributed by atoms with Gasteiger partial charge in [0, 0.05) is 19.9 Å². The van der Waals surface area contributed by atoms with Crippen LogP contribution in [0.4, 0.5) is 10.2 Å². The van der Waals surface area contributed by atoms with Crippen molar-refractivity contribution in [3.05, 3.63) is 54.0 Å². The van der Waals surface area contributed by atoms with Crippen LogP contribution in [0.5, 0.6) is 5.75 Å². The van der Waals surface area contributed by atoms with E-state index in [-0.39, 0.29) is 24.1 Å². The fourth-order valence-corrected chi connectivity index (χ4v) is 3.13. The van der Waals surface area contributed by atoms with E-state index >= 15 is 0 Å². The van der Waals surface area contributed by atoms with Crippen molar-refractivity contribution in [2.45, 2.75) is 18.4 Å². The van der Waals surface area contributed by atoms with E-state index in [4.69, 9.17) is 15.2 Å². The molecule has 0 spiro atoms. The van der Waals surface area contributed by atoms with Gasteiger partial charge >= 0.3 is 0 Å². The molecule has 1 aromatic heterocycles. The molecule has 1 aliphatic rings. The molecule has 6 nitrogen and oxygen atoms in total. The van der Waals surface area contributed by atoms with Crippen molar-refractivity contribution < 1.29 is 18.7 Å². The third kappa shape index (κ3) is 3.94. The first-order valence-corrected chi connectivity index (χ1v) is 8.46. The molecule has 1 fully saturated rings. The number of nitrogens with zero attached hydrogens (tertiary/aromatic N) is 2. The number of piperidine rings is 1. The number of ether oxygens (including phenoxy) is 2. The predicted octanol–water partition coefficient (Wildman–Crippen LogP) is 2.50. The SMILES string of the molecule is CO[C@]1(COc2ccc(F)cc2)CCCN(C(=O)c2cccnc2N)C1. The van der Waals surface area contributed by atoms with Gasteiger partial charge in [0.15, 0.2) is 0 Å². The lowest BCUT2D eigenvalue weighted by molar-refractivity contribution is -0.0824. The van der Waals surface area contributed by atoms with Gasteiger partial charge in [-0.2, -0.15) is 0 Å². The van der Waals surface area contributed by atoms with E-state index in [0.29, 0.717) is 24.4 Å². The largest absolute Gasteiger partial charge is 0.491 e. The number of carbonyl (C=O) groups excluding carboxylic acids is 1. The maximum Gasteiger partial charge on any atom is 0.257 e. The van der Waals surface area contributed by atoms with Gasteiger partial charge in [0.25, 0.3) is 5.91 Å². The molecular weight excluding hydrogens is 337 g/mol. The van der Waals surface area contributed by atoms with Crippen LogP contribution in [0, 0.1) is 5.82 Å². The highest BCUT2D eigenvalue weighted by Gasteiger charge is 2.38. The molecule has 138 valence electrons. The number of anilines is 1. The minimum absolute atomic E-state index is 0.168. The summed E-state index contributed by atoms with van der Waals surface area (Å²) in [6, 6.07) is 9.19. The van der Waals surface area contributed by atoms with Gasteiger partial charge in [-0.05, 0) is 49.2 Å². The van der Waals surface area contributed by atoms with Gasteiger partial charge in [-0.3, -0.25) is 4.79 Å². The zero-order valence-electron chi connectivity index (χ0n) is 14.7. The van der Waals surface area contributed by atoms with E-state index in [2.05, 4.69) is 4.98 Å². The molecule has 2 aromatic rings. The molecule has 26 heavy (non-hydrogen) atoms. The summed E-state index contributed by atoms with van der Waals surface area (Å²) in [5.41, 5.74) is 5.59. The third-order valence-electron chi connectivity index (χ3n) is 4.64. The number of hydrogen-bond acceptors (Lipinski definition) is 5. The zero-order valence-corrected chi connectivity index (χ0v) is 14.7. The van der Waals surface area contributed by atoms with Crippen molar-refractivity contribution in [3.63, 3.8) is 0 Å². The van der Waals surface area contributed by atoms with Crippen LogP contribution >= 0.6 is 0 Å². The summed E-state index contributed by atoms with van der Waals surface area (Å²) in [6.45, 7) is 1.27. The van der Waals surface area contributed by atoms with Crippen molar-refractivity contribution in [2.75, 3.05) is 32.5 Å². The van der Waals surface area contributed by atoms with Crippen molar-refractivity contribution in [1.82, 2.24) is 9.88 Å². The highest BCUT2D eigenvalue weighted by atomic mass is 19.1. The Kier molecular flexibility index (Phi) is 5.37. The van der Waals surface area contributed by atoms with Crippen LogP contribution in [0.15, 0.2) is 42.6 Å². The highest BCUT2D eigenvalue weighted by Crippen LogP contribution is 2.27. The topological polar surface area (TPSA) is 77.7 Å². The Morgan fingerprint density at radius 2 is 2.12 bits per heavy atom. The lowest BCUT2D eigenvalue weighted by Gasteiger charge is -2.41. The Labute approximate surface area is 151 Å². The lowest BCUT2D eigenvalue weighted by atomic mass is 9.92. The summed E-state index contributed by atoms with van der Waals surface area (Å²) in [5, 5.41) is 0. The van der Waals surface area contributed by atoms with Crippen LogP contribution in [-0.4, -0.2) is 48.2 Å². The van der Waals surface area contributed by atoms with E-state index < -0.39 is 5.60 Å². The van der Waals surface area contributed by atoms with E-state index in [1.54, 1.807) is 42.5 Å². The number of methoxy groups -OCH3 is 1. The molecule has 2 heterocycles. The highest BCUT2D eigenvalue weighted by molar-refractivity contribution is 5.98. The lowest BCUT2D eigenvalue weighted by Crippen LogP contribution is -2.54. The van der Waals surface area contributed by atoms with Crippen molar-refractivity contribution in [1.29, 1.82) is 0 Å². The smallest absolute Gasteiger partial charge is 0.257 e. The molecule has 0 bridgehead atoms. The van der Waals surface area contributed by atoms with E-state index in [1.807, 2.05) is 0 Å². The molecular formula is C19H22FN3O3. The first kappa shape index (κ1) is 18.1. The number of aromatic nitrogens is 1. The van der Waals surface area contributed by atoms with Crippen molar-refractivity contribution in [2.24, 2.45) is 0 Å². The fraction of sp³-hybridized carbons (Fsp3) is 0.368. The van der Waals surface area contributed by atoms with Crippen LogP contribution in [0.1, 0.15) is 23.2 Å². The van der Waals surface area contributed by atoms with Gasteiger partial charge in [-0.25, -0.2) is 9.37 Å². The number of nitrogen functional groups attached to an aromatic ring is 1. The summed E-state index contributed by atoms with van der Waals surface area (Å²) in [7, 11) is 1.61. The number of likely N-dealkylation sites (tertiary alicyclic amines) is 1. The number of hydrogen-bond donors (Lipinski definition) is 1. The number of nitrogens with two attached hydrogens (primary N) is 1. The van der Waals surface area contributed by atoms with Crippen LogP contribution in [0.2, 0.25) is 0 Å². The van der Waals surface area contributed by atoms with Gasteiger partial charge in [0.2, 0.25) is 0 Å². The summed E-state index contributed by atoms with van der Waals surface area (Å²) in [6.07, 6.45) is 3.10. The van der Waals surface area contributed by atoms with Gasteiger partial charge in [0.05, 0.1) is 12.1 Å². The second-order valence-corrected chi connectivity index (χ2v) is 6.40. The maximum absolute atomic E-state index is 13.0. The van der Waals surface area contributed by atoms with Gasteiger partial charge in [-0.1, -0.05) is 0 Å². The first-order chi connectivity index (χ1) is 12.5. The molecule has 3 rings (SSSR count). The molecule has 1 aliphatic heterocycles. The van der Waals surface area contributed by atoms with Crippen LogP contribution in [0.25, 0.3) is 0 Å². The molecule has 0 radical (unpaired) electrons. The van der Waals surface area contributed by atoms with Crippen molar-refractivity contribution >= 4 is 11.7 Å². The average molecular weight is 359 g/mol. The fourth-order valence-electron chi connectivity index (χ4n) is 3.13. The molecule has 1 amide bonds. The number of amides is 1. The van der Waals surface area contributed by atoms with Crippen LogP contribution in [0.3, 0.4) is 0 Å². The number of carbonyl (C=O) groups is 1. The number of pyridine rings is 1. The number of benzene rings is 1. The minimum atomic E-state index is -0.626. The summed E-state index contributed by atoms with van der Waals surface area (Å²) in [4.78, 5) is 18.5. The van der Waals surface area contributed by atoms with E-state index in [0.717, 1.165) is 12.8 Å². The number of rotatable bonds is 5. The van der Waals surface area contributed by atoms with Crippen LogP contribution in [-0.2, 0) is 4.74 Å². The number of halogens is 1. The van der Waals surface area contributed by atoms with Gasteiger partial charge in [-0.15, -0.1) is 0 Å². The summed E-state index contributed by atoms with van der Waals surface area (Å²) in [5.74, 6) is 0.289. The Balaban J connectivity index is 1.71. The van der Waals surface area contributed by atoms with E-state index in [1.165, 1.54) is 12.1 Å². The van der Waals surface area contributed by atoms with Crippen molar-refractivity contribution in [3.8, 4) is 5.75 Å². The maximum atomic E-state index is 13.0. The molecule has 1 saturated heterocycles. The average Bonchev–Trinajstić information content (AvgIpc) is 2.67. The quantitative estimate of drug-likeness (QED) is 0.887. The summed E-state index contributed by atoms with van der Waals surface area (Å²) >= 11 is 0. The molecule has 2 N–H and O–H groups in total. The third-order valence-corrected chi connectivity index (χ3v) is 4.64. The normalized spacial score (nSPS) is 20.0. The first-order valence-electron chi connectivity index (χ1n) is 8.46. The second kappa shape index (κ2) is 7.70. The predicted molar refractivity (Wildman–Crippen MR) is 95.4 cm³/mol.